The summed E-state index contributed by atoms with van der Waals surface area (Å²) in [7, 11) is 1.44. The number of hydrogen-bond acceptors (Lipinski definition) is 7. The number of anilines is 1. The maximum Gasteiger partial charge on any atom is 0.338 e. The van der Waals surface area contributed by atoms with Crippen LogP contribution in [0.5, 0.6) is 0 Å². The van der Waals surface area contributed by atoms with E-state index in [0.717, 1.165) is 32.4 Å². The van der Waals surface area contributed by atoms with E-state index in [4.69, 9.17) is 10.00 Å². The second kappa shape index (κ2) is 8.69. The molecule has 0 N–H and O–H groups in total. The van der Waals surface area contributed by atoms with Gasteiger partial charge >= 0.3 is 5.97 Å². The summed E-state index contributed by atoms with van der Waals surface area (Å²) in [6.07, 6.45) is 3.03. The zero-order valence-corrected chi connectivity index (χ0v) is 16.3. The Kier molecular flexibility index (Phi) is 6.57. The number of nitro groups is 1. The lowest BCUT2D eigenvalue weighted by Crippen LogP contribution is -2.45. The molecular weight excluding hydrogens is 364 g/mol. The van der Waals surface area contributed by atoms with Crippen molar-refractivity contribution in [2.75, 3.05) is 31.6 Å². The Morgan fingerprint density at radius 1 is 1.32 bits per heavy atom. The van der Waals surface area contributed by atoms with Gasteiger partial charge in [-0.25, -0.2) is 4.79 Å². The maximum atomic E-state index is 12.3. The predicted octanol–water partition coefficient (Wildman–Crippen LogP) is 2.50. The number of hydrogen-bond donors (Lipinski definition) is 0. The molecular formula is C19H24N4O5. The first-order chi connectivity index (χ1) is 13.2. The fourth-order valence-corrected chi connectivity index (χ4v) is 2.89. The first kappa shape index (κ1) is 21.2. The number of nitriles is 1. The Labute approximate surface area is 163 Å². The number of esters is 1. The van der Waals surface area contributed by atoms with Crippen LogP contribution < -0.4 is 4.90 Å². The van der Waals surface area contributed by atoms with Gasteiger partial charge < -0.3 is 14.5 Å². The summed E-state index contributed by atoms with van der Waals surface area (Å²) in [5.74, 6) is -1.37. The van der Waals surface area contributed by atoms with Gasteiger partial charge in [0, 0.05) is 26.2 Å². The molecule has 2 rings (SSSR count). The summed E-state index contributed by atoms with van der Waals surface area (Å²) >= 11 is 0. The molecule has 1 heterocycles. The van der Waals surface area contributed by atoms with Gasteiger partial charge in [0.05, 0.1) is 16.6 Å². The molecule has 9 nitrogen and oxygen atoms in total. The van der Waals surface area contributed by atoms with Gasteiger partial charge in [0.25, 0.3) is 11.6 Å². The fourth-order valence-electron chi connectivity index (χ4n) is 2.89. The second-order valence-electron chi connectivity index (χ2n) is 7.21. The van der Waals surface area contributed by atoms with Gasteiger partial charge in [-0.1, -0.05) is 0 Å². The number of likely N-dealkylation sites (N-methyl/N-ethyl adjacent to an activating group) is 1. The van der Waals surface area contributed by atoms with Crippen molar-refractivity contribution < 1.29 is 19.2 Å². The summed E-state index contributed by atoms with van der Waals surface area (Å²) in [6.45, 7) is 4.05. The third-order valence-corrected chi connectivity index (χ3v) is 4.92. The third kappa shape index (κ3) is 4.76. The van der Waals surface area contributed by atoms with E-state index in [1.54, 1.807) is 19.9 Å². The molecule has 150 valence electrons. The minimum atomic E-state index is -1.04. The highest BCUT2D eigenvalue weighted by Crippen LogP contribution is 2.31. The first-order valence-corrected chi connectivity index (χ1v) is 9.06. The van der Waals surface area contributed by atoms with Crippen molar-refractivity contribution in [1.82, 2.24) is 4.90 Å². The molecule has 28 heavy (non-hydrogen) atoms. The molecule has 1 amide bonds. The van der Waals surface area contributed by atoms with Gasteiger partial charge in [-0.05, 0) is 45.2 Å². The van der Waals surface area contributed by atoms with Crippen LogP contribution in [0.25, 0.3) is 0 Å². The van der Waals surface area contributed by atoms with Crippen LogP contribution in [0.2, 0.25) is 0 Å². The van der Waals surface area contributed by atoms with Crippen molar-refractivity contribution in [2.45, 2.75) is 38.6 Å². The molecule has 0 bridgehead atoms. The molecule has 0 spiro atoms. The number of carbonyl (C=O) groups excluding carboxylic acids is 2. The molecule has 0 saturated carbocycles. The van der Waals surface area contributed by atoms with E-state index in [0.29, 0.717) is 5.69 Å². The van der Waals surface area contributed by atoms with Crippen molar-refractivity contribution in [2.24, 2.45) is 0 Å². The van der Waals surface area contributed by atoms with Gasteiger partial charge in [0.15, 0.2) is 6.61 Å². The predicted molar refractivity (Wildman–Crippen MR) is 102 cm³/mol. The highest BCUT2D eigenvalue weighted by molar-refractivity contribution is 5.93. The number of carbonyl (C=O) groups is 2. The van der Waals surface area contributed by atoms with E-state index in [9.17, 15) is 19.7 Å². The number of nitrogens with zero attached hydrogens (tertiary/aromatic N) is 4. The zero-order chi connectivity index (χ0) is 20.9. The van der Waals surface area contributed by atoms with E-state index in [2.05, 4.69) is 0 Å². The average Bonchev–Trinajstić information content (AvgIpc) is 2.71. The Balaban J connectivity index is 2.11. The summed E-state index contributed by atoms with van der Waals surface area (Å²) in [5.41, 5.74) is -0.723. The number of amides is 1. The number of ether oxygens (including phenoxy) is 1. The quantitative estimate of drug-likeness (QED) is 0.417. The maximum absolute atomic E-state index is 12.3. The van der Waals surface area contributed by atoms with Crippen molar-refractivity contribution in [3.05, 3.63) is 33.9 Å². The van der Waals surface area contributed by atoms with Crippen molar-refractivity contribution in [1.29, 1.82) is 5.26 Å². The third-order valence-electron chi connectivity index (χ3n) is 4.92. The van der Waals surface area contributed by atoms with Crippen LogP contribution in [-0.4, -0.2) is 54.0 Å². The summed E-state index contributed by atoms with van der Waals surface area (Å²) < 4.78 is 5.00. The summed E-state index contributed by atoms with van der Waals surface area (Å²) in [5, 5.41) is 20.5. The second-order valence-corrected chi connectivity index (χ2v) is 7.21. The molecule has 1 fully saturated rings. The summed E-state index contributed by atoms with van der Waals surface area (Å²) in [4.78, 5) is 38.4. The topological polar surface area (TPSA) is 117 Å². The molecule has 0 aliphatic carbocycles. The SMILES string of the molecule is CN(C(=O)COC(=O)c1ccc(N2CCCCC2)c([N+](=O)[O-])c1)C(C)(C)C#N. The van der Waals surface area contributed by atoms with Crippen LogP contribution in [0.3, 0.4) is 0 Å². The van der Waals surface area contributed by atoms with E-state index >= 15 is 0 Å². The summed E-state index contributed by atoms with van der Waals surface area (Å²) in [6, 6.07) is 6.18. The normalized spacial score (nSPS) is 14.1. The van der Waals surface area contributed by atoms with Crippen LogP contribution in [0.1, 0.15) is 43.5 Å². The molecule has 1 aliphatic heterocycles. The molecule has 0 aromatic heterocycles. The largest absolute Gasteiger partial charge is 0.452 e. The average molecular weight is 388 g/mol. The zero-order valence-electron chi connectivity index (χ0n) is 16.3. The smallest absolute Gasteiger partial charge is 0.338 e. The molecule has 0 radical (unpaired) electrons. The monoisotopic (exact) mass is 388 g/mol. The van der Waals surface area contributed by atoms with Gasteiger partial charge in [0.1, 0.15) is 11.2 Å². The Hall–Kier alpha value is -3.15. The number of piperidine rings is 1. The lowest BCUT2D eigenvalue weighted by Gasteiger charge is -2.29. The lowest BCUT2D eigenvalue weighted by atomic mass is 10.1. The Morgan fingerprint density at radius 2 is 1.96 bits per heavy atom. The van der Waals surface area contributed by atoms with Crippen molar-refractivity contribution >= 4 is 23.3 Å². The molecule has 9 heteroatoms. The van der Waals surface area contributed by atoms with Crippen LogP contribution in [0.15, 0.2) is 18.2 Å². The minimum absolute atomic E-state index is 0.00227. The van der Waals surface area contributed by atoms with Crippen molar-refractivity contribution in [3.8, 4) is 6.07 Å². The molecule has 0 unspecified atom stereocenters. The van der Waals surface area contributed by atoms with Gasteiger partial charge in [-0.3, -0.25) is 14.9 Å². The van der Waals surface area contributed by atoms with Gasteiger partial charge in [-0.2, -0.15) is 5.26 Å². The minimum Gasteiger partial charge on any atom is -0.452 e. The van der Waals surface area contributed by atoms with E-state index in [1.807, 2.05) is 11.0 Å². The molecule has 1 saturated heterocycles. The molecule has 0 atom stereocenters. The lowest BCUT2D eigenvalue weighted by molar-refractivity contribution is -0.384. The van der Waals surface area contributed by atoms with Crippen LogP contribution >= 0.6 is 0 Å². The molecule has 1 aromatic carbocycles. The Morgan fingerprint density at radius 3 is 2.54 bits per heavy atom. The standard InChI is InChI=1S/C19H24N4O5/c1-19(2,13-20)21(3)17(24)12-28-18(25)14-7-8-15(16(11-14)23(26)27)22-9-5-4-6-10-22/h7-8,11H,4-6,9-10,12H2,1-3H3. The van der Waals surface area contributed by atoms with Crippen molar-refractivity contribution in [3.63, 3.8) is 0 Å². The van der Waals surface area contributed by atoms with E-state index in [-0.39, 0.29) is 11.3 Å². The number of rotatable bonds is 6. The highest BCUT2D eigenvalue weighted by Gasteiger charge is 2.28. The molecule has 1 aliphatic rings. The Bertz CT molecular complexity index is 809. The molecule has 1 aromatic rings. The van der Waals surface area contributed by atoms with E-state index in [1.165, 1.54) is 24.1 Å². The van der Waals surface area contributed by atoms with E-state index < -0.39 is 28.9 Å². The highest BCUT2D eigenvalue weighted by atomic mass is 16.6. The van der Waals surface area contributed by atoms with Gasteiger partial charge in [-0.15, -0.1) is 0 Å². The fraction of sp³-hybridized carbons (Fsp3) is 0.526. The van der Waals surface area contributed by atoms with Gasteiger partial charge in [0.2, 0.25) is 0 Å². The number of benzene rings is 1. The van der Waals surface area contributed by atoms with Crippen LogP contribution in [0, 0.1) is 21.4 Å². The van der Waals surface area contributed by atoms with Crippen LogP contribution in [0.4, 0.5) is 11.4 Å². The van der Waals surface area contributed by atoms with Crippen LogP contribution in [-0.2, 0) is 9.53 Å². The first-order valence-electron chi connectivity index (χ1n) is 9.06. The number of nitro benzene ring substituents is 1.